The zero-order chi connectivity index (χ0) is 18.8. The Bertz CT molecular complexity index is 929. The van der Waals surface area contributed by atoms with Crippen LogP contribution < -0.4 is 10.6 Å². The number of benzene rings is 1. The van der Waals surface area contributed by atoms with Gasteiger partial charge in [0.2, 0.25) is 5.65 Å². The minimum atomic E-state index is 0.304. The third kappa shape index (κ3) is 3.54. The van der Waals surface area contributed by atoms with Gasteiger partial charge in [-0.1, -0.05) is 43.2 Å². The van der Waals surface area contributed by atoms with Crippen molar-refractivity contribution in [1.82, 2.24) is 19.8 Å². The number of rotatable bonds is 6. The largest absolute Gasteiger partial charge is 0.379 e. The summed E-state index contributed by atoms with van der Waals surface area (Å²) in [5, 5.41) is 20.9. The third-order valence-electron chi connectivity index (χ3n) is 5.72. The zero-order valence-corrected chi connectivity index (χ0v) is 16.0. The Kier molecular flexibility index (Phi) is 4.83. The molecule has 0 bridgehead atoms. The van der Waals surface area contributed by atoms with Crippen LogP contribution in [0.15, 0.2) is 36.4 Å². The molecular weight excluding hydrogens is 352 g/mol. The summed E-state index contributed by atoms with van der Waals surface area (Å²) in [6.07, 6.45) is 5.86. The van der Waals surface area contributed by atoms with Crippen LogP contribution in [0.3, 0.4) is 0 Å². The van der Waals surface area contributed by atoms with Gasteiger partial charge in [0, 0.05) is 25.1 Å². The lowest BCUT2D eigenvalue weighted by atomic mass is 10.1. The van der Waals surface area contributed by atoms with Crippen molar-refractivity contribution in [2.24, 2.45) is 0 Å². The number of anilines is 2. The van der Waals surface area contributed by atoms with Crippen molar-refractivity contribution in [2.45, 2.75) is 50.6 Å². The van der Waals surface area contributed by atoms with E-state index in [1.54, 1.807) is 0 Å². The van der Waals surface area contributed by atoms with Gasteiger partial charge in [-0.05, 0) is 24.8 Å². The van der Waals surface area contributed by atoms with Gasteiger partial charge in [-0.3, -0.25) is 0 Å². The first-order chi connectivity index (χ1) is 13.9. The summed E-state index contributed by atoms with van der Waals surface area (Å²) in [6, 6.07) is 12.7. The highest BCUT2D eigenvalue weighted by molar-refractivity contribution is 5.70. The summed E-state index contributed by atoms with van der Waals surface area (Å²) in [5.41, 5.74) is 2.98. The molecule has 1 saturated heterocycles. The van der Waals surface area contributed by atoms with Crippen molar-refractivity contribution in [3.05, 3.63) is 47.8 Å². The fourth-order valence-electron chi connectivity index (χ4n) is 4.19. The average Bonchev–Trinajstić information content (AvgIpc) is 3.48. The summed E-state index contributed by atoms with van der Waals surface area (Å²) < 4.78 is 7.45. The Labute approximate surface area is 164 Å². The van der Waals surface area contributed by atoms with Crippen LogP contribution in [-0.2, 0) is 11.3 Å². The van der Waals surface area contributed by atoms with E-state index < -0.39 is 0 Å². The van der Waals surface area contributed by atoms with Gasteiger partial charge in [0.25, 0.3) is 0 Å². The maximum atomic E-state index is 5.50. The van der Waals surface area contributed by atoms with E-state index >= 15 is 0 Å². The maximum Gasteiger partial charge on any atom is 0.201 e. The minimum Gasteiger partial charge on any atom is -0.379 e. The summed E-state index contributed by atoms with van der Waals surface area (Å²) >= 11 is 0. The molecule has 0 radical (unpaired) electrons. The first-order valence-corrected chi connectivity index (χ1v) is 10.3. The first kappa shape index (κ1) is 17.4. The standard InChI is InChI=1S/C21H26N6O/c1-2-6-15(7-3-1)13-22-18-12-19(23-17-10-11-28-14-17)26-27-20(24-25-21(18)27)16-8-4-5-9-16/h1-3,6-7,12,16-17,22H,4-5,8-11,13-14H2,(H,23,26)/t17-/m1/s1. The van der Waals surface area contributed by atoms with Crippen LogP contribution in [0, 0.1) is 0 Å². The molecule has 7 heteroatoms. The molecule has 2 aromatic heterocycles. The van der Waals surface area contributed by atoms with Gasteiger partial charge >= 0.3 is 0 Å². The number of hydrogen-bond donors (Lipinski definition) is 2. The quantitative estimate of drug-likeness (QED) is 0.683. The SMILES string of the molecule is c1ccc(CNc2cc(N[C@@H]3CCOC3)nn3c(C4CCCC4)nnc23)cc1. The van der Waals surface area contributed by atoms with E-state index in [-0.39, 0.29) is 0 Å². The maximum absolute atomic E-state index is 5.50. The molecule has 2 N–H and O–H groups in total. The van der Waals surface area contributed by atoms with Crippen LogP contribution in [0.5, 0.6) is 0 Å². The number of hydrogen-bond acceptors (Lipinski definition) is 6. The molecule has 3 aromatic rings. The van der Waals surface area contributed by atoms with Crippen LogP contribution in [0.4, 0.5) is 11.5 Å². The molecule has 7 nitrogen and oxygen atoms in total. The monoisotopic (exact) mass is 378 g/mol. The fraction of sp³-hybridized carbons (Fsp3) is 0.476. The summed E-state index contributed by atoms with van der Waals surface area (Å²) in [7, 11) is 0. The highest BCUT2D eigenvalue weighted by Gasteiger charge is 2.25. The normalized spacial score (nSPS) is 20.1. The van der Waals surface area contributed by atoms with Crippen molar-refractivity contribution in [2.75, 3.05) is 23.8 Å². The third-order valence-corrected chi connectivity index (χ3v) is 5.72. The highest BCUT2D eigenvalue weighted by atomic mass is 16.5. The molecule has 1 aromatic carbocycles. The van der Waals surface area contributed by atoms with E-state index in [4.69, 9.17) is 9.84 Å². The van der Waals surface area contributed by atoms with Gasteiger partial charge in [0.15, 0.2) is 5.82 Å². The van der Waals surface area contributed by atoms with Crippen molar-refractivity contribution in [3.63, 3.8) is 0 Å². The van der Waals surface area contributed by atoms with Crippen LogP contribution in [0.1, 0.15) is 49.4 Å². The van der Waals surface area contributed by atoms with E-state index in [0.29, 0.717) is 12.0 Å². The predicted molar refractivity (Wildman–Crippen MR) is 109 cm³/mol. The van der Waals surface area contributed by atoms with Crippen molar-refractivity contribution >= 4 is 17.2 Å². The van der Waals surface area contributed by atoms with Crippen molar-refractivity contribution < 1.29 is 4.74 Å². The molecule has 1 saturated carbocycles. The van der Waals surface area contributed by atoms with E-state index in [0.717, 1.165) is 49.2 Å². The Balaban J connectivity index is 1.48. The molecule has 1 aliphatic heterocycles. The van der Waals surface area contributed by atoms with E-state index in [9.17, 15) is 0 Å². The number of nitrogens with one attached hydrogen (secondary N) is 2. The van der Waals surface area contributed by atoms with Crippen LogP contribution in [-0.4, -0.2) is 39.1 Å². The van der Waals surface area contributed by atoms with Gasteiger partial charge in [-0.25, -0.2) is 0 Å². The second kappa shape index (κ2) is 7.75. The Morgan fingerprint density at radius 3 is 2.71 bits per heavy atom. The van der Waals surface area contributed by atoms with Crippen LogP contribution in [0.2, 0.25) is 0 Å². The van der Waals surface area contributed by atoms with Crippen LogP contribution >= 0.6 is 0 Å². The van der Waals surface area contributed by atoms with E-state index in [2.05, 4.69) is 45.1 Å². The summed E-state index contributed by atoms with van der Waals surface area (Å²) in [5.74, 6) is 2.29. The molecule has 0 spiro atoms. The van der Waals surface area contributed by atoms with E-state index in [1.807, 2.05) is 16.6 Å². The molecule has 0 unspecified atom stereocenters. The molecule has 3 heterocycles. The Morgan fingerprint density at radius 2 is 1.93 bits per heavy atom. The topological polar surface area (TPSA) is 76.4 Å². The molecular formula is C21H26N6O. The number of fused-ring (bicyclic) bond motifs is 1. The summed E-state index contributed by atoms with van der Waals surface area (Å²) in [4.78, 5) is 0. The van der Waals surface area contributed by atoms with Crippen molar-refractivity contribution in [1.29, 1.82) is 0 Å². The lowest BCUT2D eigenvalue weighted by molar-refractivity contribution is 0.195. The second-order valence-corrected chi connectivity index (χ2v) is 7.76. The number of aromatic nitrogens is 4. The Hall–Kier alpha value is -2.67. The van der Waals surface area contributed by atoms with Crippen LogP contribution in [0.25, 0.3) is 5.65 Å². The lowest BCUT2D eigenvalue weighted by Gasteiger charge is -2.15. The van der Waals surface area contributed by atoms with Gasteiger partial charge in [0.1, 0.15) is 5.82 Å². The summed E-state index contributed by atoms with van der Waals surface area (Å²) in [6.45, 7) is 2.27. The average molecular weight is 378 g/mol. The highest BCUT2D eigenvalue weighted by Crippen LogP contribution is 2.34. The van der Waals surface area contributed by atoms with Crippen molar-refractivity contribution in [3.8, 4) is 0 Å². The van der Waals surface area contributed by atoms with Gasteiger partial charge in [0.05, 0.1) is 18.3 Å². The molecule has 28 heavy (non-hydrogen) atoms. The smallest absolute Gasteiger partial charge is 0.201 e. The molecule has 5 rings (SSSR count). The molecule has 0 amide bonds. The number of ether oxygens (including phenoxy) is 1. The van der Waals surface area contributed by atoms with Gasteiger partial charge in [-0.2, -0.15) is 4.52 Å². The molecule has 1 aliphatic carbocycles. The fourth-order valence-corrected chi connectivity index (χ4v) is 4.19. The molecule has 2 fully saturated rings. The van der Waals surface area contributed by atoms with Gasteiger partial charge < -0.3 is 15.4 Å². The predicted octanol–water partition coefficient (Wildman–Crippen LogP) is 3.59. The first-order valence-electron chi connectivity index (χ1n) is 10.3. The van der Waals surface area contributed by atoms with Gasteiger partial charge in [-0.15, -0.1) is 15.3 Å². The van der Waals surface area contributed by atoms with E-state index in [1.165, 1.54) is 31.2 Å². The second-order valence-electron chi connectivity index (χ2n) is 7.76. The molecule has 1 atom stereocenters. The zero-order valence-electron chi connectivity index (χ0n) is 16.0. The lowest BCUT2D eigenvalue weighted by Crippen LogP contribution is -2.21. The minimum absolute atomic E-state index is 0.304. The molecule has 146 valence electrons. The number of nitrogens with zero attached hydrogens (tertiary/aromatic N) is 4. The molecule has 2 aliphatic rings. The Morgan fingerprint density at radius 1 is 1.07 bits per heavy atom.